The molecular weight excluding hydrogens is 466 g/mol. The smallest absolute Gasteiger partial charge is 0.140 e. The van der Waals surface area contributed by atoms with Gasteiger partial charge in [-0.2, -0.15) is 5.26 Å². The van der Waals surface area contributed by atoms with Crippen molar-refractivity contribution < 1.29 is 0 Å². The summed E-state index contributed by atoms with van der Waals surface area (Å²) in [5.41, 5.74) is 11.5. The maximum Gasteiger partial charge on any atom is 0.140 e. The molecule has 3 aromatic heterocycles. The number of benzene rings is 3. The number of nitriles is 1. The maximum atomic E-state index is 9.50. The highest BCUT2D eigenvalue weighted by Gasteiger charge is 2.16. The Bertz CT molecular complexity index is 1830. The summed E-state index contributed by atoms with van der Waals surface area (Å²) < 4.78 is 4.45. The zero-order valence-electron chi connectivity index (χ0n) is 21.9. The fourth-order valence-electron chi connectivity index (χ4n) is 5.28. The standard InChI is InChI=1S/C33H29N5/c1-4-8-31-36-32-23(3)17-27(29-21-37-16-7-9-22(2)33(37)35-29)18-30(32)38(31)20-24-12-14-25(15-13-24)28-11-6-5-10-26(28)19-34/h5-7,9-18,21H,4,8,20H2,1-3H3. The van der Waals surface area contributed by atoms with E-state index in [1.54, 1.807) is 0 Å². The topological polar surface area (TPSA) is 58.9 Å². The van der Waals surface area contributed by atoms with Crippen molar-refractivity contribution in [3.8, 4) is 28.5 Å². The summed E-state index contributed by atoms with van der Waals surface area (Å²) in [6, 6.07) is 27.2. The number of fused-ring (bicyclic) bond motifs is 2. The van der Waals surface area contributed by atoms with Crippen molar-refractivity contribution in [1.82, 2.24) is 18.9 Å². The molecule has 0 unspecified atom stereocenters. The number of pyridine rings is 1. The van der Waals surface area contributed by atoms with E-state index in [0.29, 0.717) is 5.56 Å². The van der Waals surface area contributed by atoms with Gasteiger partial charge in [-0.1, -0.05) is 55.5 Å². The fourth-order valence-corrected chi connectivity index (χ4v) is 5.28. The Kier molecular flexibility index (Phi) is 6.01. The first-order valence-electron chi connectivity index (χ1n) is 13.1. The van der Waals surface area contributed by atoms with Crippen LogP contribution >= 0.6 is 0 Å². The Balaban J connectivity index is 1.42. The van der Waals surface area contributed by atoms with Crippen molar-refractivity contribution in [1.29, 1.82) is 5.26 Å². The summed E-state index contributed by atoms with van der Waals surface area (Å²) >= 11 is 0. The molecule has 0 amide bonds. The quantitative estimate of drug-likeness (QED) is 0.240. The Labute approximate surface area is 222 Å². The number of aryl methyl sites for hydroxylation is 3. The Hall–Kier alpha value is -4.69. The van der Waals surface area contributed by atoms with E-state index >= 15 is 0 Å². The zero-order valence-corrected chi connectivity index (χ0v) is 21.9. The lowest BCUT2D eigenvalue weighted by molar-refractivity contribution is 0.722. The van der Waals surface area contributed by atoms with Gasteiger partial charge < -0.3 is 8.97 Å². The van der Waals surface area contributed by atoms with Gasteiger partial charge in [0.25, 0.3) is 0 Å². The second-order valence-electron chi connectivity index (χ2n) is 9.93. The van der Waals surface area contributed by atoms with Crippen LogP contribution in [0.4, 0.5) is 0 Å². The molecule has 0 aliphatic heterocycles. The number of imidazole rings is 2. The largest absolute Gasteiger partial charge is 0.323 e. The van der Waals surface area contributed by atoms with Crippen LogP contribution in [0.1, 0.15) is 41.4 Å². The lowest BCUT2D eigenvalue weighted by atomic mass is 9.99. The van der Waals surface area contributed by atoms with E-state index in [4.69, 9.17) is 9.97 Å². The zero-order chi connectivity index (χ0) is 26.2. The maximum absolute atomic E-state index is 9.50. The molecule has 5 nitrogen and oxygen atoms in total. The van der Waals surface area contributed by atoms with Gasteiger partial charge in [0.15, 0.2) is 0 Å². The van der Waals surface area contributed by atoms with Crippen LogP contribution in [-0.2, 0) is 13.0 Å². The molecule has 3 aromatic carbocycles. The van der Waals surface area contributed by atoms with E-state index in [1.807, 2.05) is 30.5 Å². The highest BCUT2D eigenvalue weighted by atomic mass is 15.1. The number of nitrogens with zero attached hydrogens (tertiary/aromatic N) is 5. The molecule has 6 rings (SSSR count). The van der Waals surface area contributed by atoms with Crippen LogP contribution in [-0.4, -0.2) is 18.9 Å². The van der Waals surface area contributed by atoms with Gasteiger partial charge in [0.2, 0.25) is 0 Å². The normalized spacial score (nSPS) is 11.3. The first kappa shape index (κ1) is 23.7. The molecule has 38 heavy (non-hydrogen) atoms. The Morgan fingerprint density at radius 2 is 1.68 bits per heavy atom. The van der Waals surface area contributed by atoms with Crippen molar-refractivity contribution in [2.45, 2.75) is 40.2 Å². The number of rotatable bonds is 6. The molecule has 0 atom stereocenters. The second kappa shape index (κ2) is 9.64. The average Bonchev–Trinajstić information content (AvgIpc) is 3.53. The van der Waals surface area contributed by atoms with Gasteiger partial charge in [0.1, 0.15) is 11.5 Å². The van der Waals surface area contributed by atoms with Crippen LogP contribution in [0.2, 0.25) is 0 Å². The summed E-state index contributed by atoms with van der Waals surface area (Å²) in [6.07, 6.45) is 6.11. The minimum Gasteiger partial charge on any atom is -0.323 e. The molecule has 0 spiro atoms. The third-order valence-electron chi connectivity index (χ3n) is 7.22. The molecule has 3 heterocycles. The van der Waals surface area contributed by atoms with Gasteiger partial charge >= 0.3 is 0 Å². The minimum absolute atomic E-state index is 0.691. The summed E-state index contributed by atoms with van der Waals surface area (Å²) in [7, 11) is 0. The summed E-state index contributed by atoms with van der Waals surface area (Å²) in [6.45, 7) is 7.17. The molecule has 0 radical (unpaired) electrons. The molecule has 0 saturated heterocycles. The van der Waals surface area contributed by atoms with E-state index in [2.05, 4.69) is 90.5 Å². The van der Waals surface area contributed by atoms with Crippen LogP contribution in [0.3, 0.4) is 0 Å². The summed E-state index contributed by atoms with van der Waals surface area (Å²) in [5.74, 6) is 1.10. The van der Waals surface area contributed by atoms with E-state index in [9.17, 15) is 5.26 Å². The van der Waals surface area contributed by atoms with Crippen molar-refractivity contribution in [2.75, 3.05) is 0 Å². The van der Waals surface area contributed by atoms with E-state index in [0.717, 1.165) is 75.4 Å². The van der Waals surface area contributed by atoms with E-state index in [-0.39, 0.29) is 0 Å². The highest BCUT2D eigenvalue weighted by molar-refractivity contribution is 5.85. The third-order valence-corrected chi connectivity index (χ3v) is 7.22. The lowest BCUT2D eigenvalue weighted by Gasteiger charge is -2.11. The molecule has 0 fully saturated rings. The molecule has 0 saturated carbocycles. The molecule has 0 N–H and O–H groups in total. The molecule has 6 aromatic rings. The number of hydrogen-bond donors (Lipinski definition) is 0. The van der Waals surface area contributed by atoms with E-state index < -0.39 is 0 Å². The first-order chi connectivity index (χ1) is 18.6. The molecule has 0 bridgehead atoms. The molecule has 0 aliphatic carbocycles. The van der Waals surface area contributed by atoms with Crippen molar-refractivity contribution in [2.24, 2.45) is 0 Å². The number of aromatic nitrogens is 4. The minimum atomic E-state index is 0.691. The van der Waals surface area contributed by atoms with Gasteiger partial charge in [-0.15, -0.1) is 0 Å². The Morgan fingerprint density at radius 3 is 2.45 bits per heavy atom. The monoisotopic (exact) mass is 495 g/mol. The summed E-state index contributed by atoms with van der Waals surface area (Å²) in [5, 5.41) is 9.50. The van der Waals surface area contributed by atoms with Crippen molar-refractivity contribution in [3.05, 3.63) is 113 Å². The average molecular weight is 496 g/mol. The fraction of sp³-hybridized carbons (Fsp3) is 0.182. The van der Waals surface area contributed by atoms with E-state index in [1.165, 1.54) is 5.56 Å². The summed E-state index contributed by atoms with van der Waals surface area (Å²) in [4.78, 5) is 10.0. The van der Waals surface area contributed by atoms with Crippen molar-refractivity contribution in [3.63, 3.8) is 0 Å². The Morgan fingerprint density at radius 1 is 0.868 bits per heavy atom. The predicted octanol–water partition coefficient (Wildman–Crippen LogP) is 7.51. The van der Waals surface area contributed by atoms with Crippen LogP contribution in [0, 0.1) is 25.2 Å². The SMILES string of the molecule is CCCc1nc2c(C)cc(-c3cn4cccc(C)c4n3)cc2n1Cc1ccc(-c2ccccc2C#N)cc1. The van der Waals surface area contributed by atoms with Crippen molar-refractivity contribution >= 4 is 16.7 Å². The van der Waals surface area contributed by atoms with Gasteiger partial charge in [0, 0.05) is 30.9 Å². The van der Waals surface area contributed by atoms with Gasteiger partial charge in [-0.3, -0.25) is 0 Å². The molecular formula is C33H29N5. The molecule has 5 heteroatoms. The van der Waals surface area contributed by atoms with Gasteiger partial charge in [0.05, 0.1) is 28.4 Å². The van der Waals surface area contributed by atoms with Crippen LogP contribution < -0.4 is 0 Å². The van der Waals surface area contributed by atoms with Crippen LogP contribution in [0.5, 0.6) is 0 Å². The van der Waals surface area contributed by atoms with Gasteiger partial charge in [-0.05, 0) is 72.4 Å². The first-order valence-corrected chi connectivity index (χ1v) is 13.1. The number of hydrogen-bond acceptors (Lipinski definition) is 3. The molecule has 0 aliphatic rings. The van der Waals surface area contributed by atoms with Crippen LogP contribution in [0.15, 0.2) is 85.2 Å². The van der Waals surface area contributed by atoms with Gasteiger partial charge in [-0.25, -0.2) is 9.97 Å². The predicted molar refractivity (Wildman–Crippen MR) is 153 cm³/mol. The second-order valence-corrected chi connectivity index (χ2v) is 9.93. The third kappa shape index (κ3) is 4.14. The van der Waals surface area contributed by atoms with Crippen LogP contribution in [0.25, 0.3) is 39.1 Å². The molecule has 186 valence electrons. The highest BCUT2D eigenvalue weighted by Crippen LogP contribution is 2.30. The lowest BCUT2D eigenvalue weighted by Crippen LogP contribution is -2.05.